The number of aromatic nitrogens is 3. The standard InChI is InChI=1S/C9H9N3/c1-8-4-5-10-9(11-8)12-6-2-3-7-12/h2-7H,1H3. The van der Waals surface area contributed by atoms with Gasteiger partial charge in [-0.25, -0.2) is 9.97 Å². The highest BCUT2D eigenvalue weighted by molar-refractivity contribution is 5.15. The molecule has 0 radical (unpaired) electrons. The summed E-state index contributed by atoms with van der Waals surface area (Å²) in [7, 11) is 0. The molecule has 0 aliphatic carbocycles. The zero-order chi connectivity index (χ0) is 8.39. The van der Waals surface area contributed by atoms with Gasteiger partial charge in [-0.3, -0.25) is 4.57 Å². The Bertz CT molecular complexity index is 365. The topological polar surface area (TPSA) is 30.7 Å². The minimum atomic E-state index is 0.722. The lowest BCUT2D eigenvalue weighted by atomic mass is 10.5. The Morgan fingerprint density at radius 1 is 1.25 bits per heavy atom. The molecule has 0 aromatic carbocycles. The van der Waals surface area contributed by atoms with Crippen LogP contribution in [0.3, 0.4) is 0 Å². The van der Waals surface area contributed by atoms with Gasteiger partial charge in [-0.05, 0) is 25.1 Å². The zero-order valence-electron chi connectivity index (χ0n) is 6.81. The second-order valence-electron chi connectivity index (χ2n) is 2.59. The third-order valence-electron chi connectivity index (χ3n) is 1.62. The lowest BCUT2D eigenvalue weighted by Crippen LogP contribution is -1.98. The second-order valence-corrected chi connectivity index (χ2v) is 2.59. The van der Waals surface area contributed by atoms with Crippen molar-refractivity contribution in [2.45, 2.75) is 6.92 Å². The molecular formula is C9H9N3. The molecule has 3 heteroatoms. The number of rotatable bonds is 1. The molecule has 2 aromatic rings. The molecule has 2 rings (SSSR count). The third kappa shape index (κ3) is 1.21. The van der Waals surface area contributed by atoms with E-state index < -0.39 is 0 Å². The van der Waals surface area contributed by atoms with Crippen LogP contribution in [0.25, 0.3) is 5.95 Å². The largest absolute Gasteiger partial charge is 0.293 e. The number of aryl methyl sites for hydroxylation is 1. The van der Waals surface area contributed by atoms with Crippen molar-refractivity contribution >= 4 is 0 Å². The summed E-state index contributed by atoms with van der Waals surface area (Å²) in [6.07, 6.45) is 5.61. The number of nitrogens with zero attached hydrogens (tertiary/aromatic N) is 3. The molecule has 0 aliphatic rings. The van der Waals surface area contributed by atoms with Crippen LogP contribution < -0.4 is 0 Å². The maximum atomic E-state index is 4.27. The van der Waals surface area contributed by atoms with E-state index in [1.165, 1.54) is 0 Å². The Balaban J connectivity index is 2.48. The summed E-state index contributed by atoms with van der Waals surface area (Å²) < 4.78 is 1.88. The molecule has 0 spiro atoms. The van der Waals surface area contributed by atoms with Gasteiger partial charge >= 0.3 is 0 Å². The first-order valence-corrected chi connectivity index (χ1v) is 3.79. The van der Waals surface area contributed by atoms with Gasteiger partial charge in [-0.15, -0.1) is 0 Å². The van der Waals surface area contributed by atoms with Gasteiger partial charge in [-0.2, -0.15) is 0 Å². The Labute approximate surface area is 70.7 Å². The summed E-state index contributed by atoms with van der Waals surface area (Å²) in [5.41, 5.74) is 0.980. The summed E-state index contributed by atoms with van der Waals surface area (Å²) in [6.45, 7) is 1.95. The molecule has 2 aromatic heterocycles. The van der Waals surface area contributed by atoms with Crippen molar-refractivity contribution in [3.05, 3.63) is 42.5 Å². The monoisotopic (exact) mass is 159 g/mol. The number of hydrogen-bond acceptors (Lipinski definition) is 2. The Hall–Kier alpha value is -1.64. The molecular weight excluding hydrogens is 150 g/mol. The molecule has 0 fully saturated rings. The van der Waals surface area contributed by atoms with Gasteiger partial charge in [0.1, 0.15) is 0 Å². The third-order valence-corrected chi connectivity index (χ3v) is 1.62. The maximum absolute atomic E-state index is 4.27. The summed E-state index contributed by atoms with van der Waals surface area (Å²) in [5, 5.41) is 0. The summed E-state index contributed by atoms with van der Waals surface area (Å²) >= 11 is 0. The first-order valence-electron chi connectivity index (χ1n) is 3.79. The molecule has 0 bridgehead atoms. The van der Waals surface area contributed by atoms with E-state index in [1.54, 1.807) is 6.20 Å². The second kappa shape index (κ2) is 2.77. The average Bonchev–Trinajstić information content (AvgIpc) is 2.56. The van der Waals surface area contributed by atoms with E-state index in [9.17, 15) is 0 Å². The van der Waals surface area contributed by atoms with E-state index in [0.29, 0.717) is 0 Å². The van der Waals surface area contributed by atoms with Gasteiger partial charge in [0.05, 0.1) is 0 Å². The van der Waals surface area contributed by atoms with Gasteiger partial charge in [0, 0.05) is 24.3 Å². The molecule has 0 N–H and O–H groups in total. The molecule has 2 heterocycles. The fourth-order valence-electron chi connectivity index (χ4n) is 1.03. The summed E-state index contributed by atoms with van der Waals surface area (Å²) in [5.74, 6) is 0.722. The van der Waals surface area contributed by atoms with Crippen LogP contribution in [0.15, 0.2) is 36.8 Å². The van der Waals surface area contributed by atoms with E-state index in [-0.39, 0.29) is 0 Å². The maximum Gasteiger partial charge on any atom is 0.233 e. The lowest BCUT2D eigenvalue weighted by Gasteiger charge is -1.99. The summed E-state index contributed by atoms with van der Waals surface area (Å²) in [6, 6.07) is 5.78. The van der Waals surface area contributed by atoms with Crippen LogP contribution in [0.2, 0.25) is 0 Å². The van der Waals surface area contributed by atoms with Crippen molar-refractivity contribution in [1.29, 1.82) is 0 Å². The van der Waals surface area contributed by atoms with Gasteiger partial charge in [0.25, 0.3) is 0 Å². The normalized spacial score (nSPS) is 10.1. The molecule has 60 valence electrons. The molecule has 3 nitrogen and oxygen atoms in total. The van der Waals surface area contributed by atoms with Crippen molar-refractivity contribution in [3.63, 3.8) is 0 Å². The van der Waals surface area contributed by atoms with Crippen LogP contribution >= 0.6 is 0 Å². The Morgan fingerprint density at radius 3 is 2.67 bits per heavy atom. The van der Waals surface area contributed by atoms with Crippen LogP contribution in [0.1, 0.15) is 5.69 Å². The van der Waals surface area contributed by atoms with Crippen molar-refractivity contribution < 1.29 is 0 Å². The minimum Gasteiger partial charge on any atom is -0.293 e. The van der Waals surface area contributed by atoms with E-state index in [4.69, 9.17) is 0 Å². The SMILES string of the molecule is Cc1ccnc(-n2cccc2)n1. The van der Waals surface area contributed by atoms with Gasteiger partial charge in [0.15, 0.2) is 0 Å². The van der Waals surface area contributed by atoms with Crippen molar-refractivity contribution in [2.24, 2.45) is 0 Å². The summed E-state index contributed by atoms with van der Waals surface area (Å²) in [4.78, 5) is 8.40. The highest BCUT2D eigenvalue weighted by Crippen LogP contribution is 2.00. The first-order chi connectivity index (χ1) is 5.86. The Morgan fingerprint density at radius 2 is 2.00 bits per heavy atom. The highest BCUT2D eigenvalue weighted by Gasteiger charge is 1.95. The van der Waals surface area contributed by atoms with E-state index >= 15 is 0 Å². The smallest absolute Gasteiger partial charge is 0.233 e. The van der Waals surface area contributed by atoms with Crippen LogP contribution in [0.5, 0.6) is 0 Å². The van der Waals surface area contributed by atoms with Crippen LogP contribution in [-0.2, 0) is 0 Å². The first kappa shape index (κ1) is 7.03. The highest BCUT2D eigenvalue weighted by atomic mass is 15.1. The molecule has 12 heavy (non-hydrogen) atoms. The molecule has 0 saturated carbocycles. The van der Waals surface area contributed by atoms with Crippen molar-refractivity contribution in [1.82, 2.24) is 14.5 Å². The fourth-order valence-corrected chi connectivity index (χ4v) is 1.03. The predicted molar refractivity (Wildman–Crippen MR) is 46.1 cm³/mol. The van der Waals surface area contributed by atoms with E-state index in [1.807, 2.05) is 42.1 Å². The number of hydrogen-bond donors (Lipinski definition) is 0. The molecule has 0 atom stereocenters. The molecule has 0 saturated heterocycles. The van der Waals surface area contributed by atoms with E-state index in [0.717, 1.165) is 11.6 Å². The van der Waals surface area contributed by atoms with E-state index in [2.05, 4.69) is 9.97 Å². The molecule has 0 unspecified atom stereocenters. The molecule has 0 amide bonds. The van der Waals surface area contributed by atoms with Crippen LogP contribution in [-0.4, -0.2) is 14.5 Å². The van der Waals surface area contributed by atoms with Crippen molar-refractivity contribution in [3.8, 4) is 5.95 Å². The predicted octanol–water partition coefficient (Wildman–Crippen LogP) is 1.58. The average molecular weight is 159 g/mol. The van der Waals surface area contributed by atoms with Gasteiger partial charge < -0.3 is 0 Å². The van der Waals surface area contributed by atoms with Crippen molar-refractivity contribution in [2.75, 3.05) is 0 Å². The zero-order valence-corrected chi connectivity index (χ0v) is 6.81. The minimum absolute atomic E-state index is 0.722. The van der Waals surface area contributed by atoms with Crippen LogP contribution in [0, 0.1) is 6.92 Å². The van der Waals surface area contributed by atoms with Gasteiger partial charge in [-0.1, -0.05) is 0 Å². The van der Waals surface area contributed by atoms with Crippen LogP contribution in [0.4, 0.5) is 0 Å². The van der Waals surface area contributed by atoms with Gasteiger partial charge in [0.2, 0.25) is 5.95 Å². The quantitative estimate of drug-likeness (QED) is 0.632. The molecule has 0 aliphatic heterocycles. The Kier molecular flexibility index (Phi) is 1.63. The fraction of sp³-hybridized carbons (Fsp3) is 0.111. The lowest BCUT2D eigenvalue weighted by molar-refractivity contribution is 0.918.